The van der Waals surface area contributed by atoms with Crippen LogP contribution < -0.4 is 0 Å². The maximum atomic E-state index is 12.8. The lowest BCUT2D eigenvalue weighted by Gasteiger charge is -2.42. The molecule has 1 aliphatic heterocycles. The number of carbonyl (C=O) groups excluding carboxylic acids is 1. The van der Waals surface area contributed by atoms with Gasteiger partial charge in [-0.3, -0.25) is 4.79 Å². The SMILES string of the molecule is CC1OC(=O)C(C)C(C)C(C)C(C)C(C)C(C)C(C)C(C)C(C)C(C)C1C. The molecule has 1 aliphatic rings. The lowest BCUT2D eigenvalue weighted by Crippen LogP contribution is -2.40. The predicted molar refractivity (Wildman–Crippen MR) is 116 cm³/mol. The first-order valence-corrected chi connectivity index (χ1v) is 11.5. The molecule has 2 heteroatoms. The number of ether oxygens (including phenoxy) is 1. The summed E-state index contributed by atoms with van der Waals surface area (Å²) in [5.41, 5.74) is 0. The number of esters is 1. The van der Waals surface area contributed by atoms with Crippen LogP contribution in [0.15, 0.2) is 0 Å². The second kappa shape index (κ2) is 9.79. The monoisotopic (exact) mass is 380 g/mol. The van der Waals surface area contributed by atoms with E-state index in [1.54, 1.807) is 0 Å². The van der Waals surface area contributed by atoms with E-state index in [4.69, 9.17) is 4.74 Å². The number of hydrogen-bond acceptors (Lipinski definition) is 2. The molecule has 0 saturated carbocycles. The van der Waals surface area contributed by atoms with Crippen LogP contribution in [0, 0.1) is 65.1 Å². The Balaban J connectivity index is 3.25. The highest BCUT2D eigenvalue weighted by Gasteiger charge is 2.38. The first-order valence-electron chi connectivity index (χ1n) is 11.5. The highest BCUT2D eigenvalue weighted by atomic mass is 16.5. The fraction of sp³-hybridized carbons (Fsp3) is 0.960. The van der Waals surface area contributed by atoms with Crippen molar-refractivity contribution in [3.63, 3.8) is 0 Å². The van der Waals surface area contributed by atoms with Crippen molar-refractivity contribution < 1.29 is 9.53 Å². The Morgan fingerprint density at radius 1 is 0.444 bits per heavy atom. The first kappa shape index (κ1) is 24.5. The third-order valence-electron chi connectivity index (χ3n) is 9.67. The summed E-state index contributed by atoms with van der Waals surface area (Å²) in [5.74, 6) is 5.53. The molecule has 1 rings (SSSR count). The molecule has 0 aromatic heterocycles. The van der Waals surface area contributed by atoms with E-state index in [9.17, 15) is 4.79 Å². The van der Waals surface area contributed by atoms with Gasteiger partial charge in [-0.2, -0.15) is 0 Å². The van der Waals surface area contributed by atoms with Crippen LogP contribution in [0.4, 0.5) is 0 Å². The van der Waals surface area contributed by atoms with E-state index in [0.29, 0.717) is 59.2 Å². The van der Waals surface area contributed by atoms with Crippen LogP contribution in [0.25, 0.3) is 0 Å². The van der Waals surface area contributed by atoms with Crippen molar-refractivity contribution in [1.29, 1.82) is 0 Å². The number of hydrogen-bond donors (Lipinski definition) is 0. The predicted octanol–water partition coefficient (Wildman–Crippen LogP) is 6.93. The number of cyclic esters (lactones) is 1. The topological polar surface area (TPSA) is 26.3 Å². The van der Waals surface area contributed by atoms with Crippen molar-refractivity contribution >= 4 is 5.97 Å². The van der Waals surface area contributed by atoms with Gasteiger partial charge in [-0.1, -0.05) is 76.2 Å². The molecule has 0 aromatic carbocycles. The molecule has 0 radical (unpaired) electrons. The normalized spacial score (nSPS) is 51.3. The van der Waals surface area contributed by atoms with Crippen molar-refractivity contribution in [1.82, 2.24) is 0 Å². The van der Waals surface area contributed by atoms with Gasteiger partial charge in [0.2, 0.25) is 0 Å². The van der Waals surface area contributed by atoms with E-state index >= 15 is 0 Å². The Bertz CT molecular complexity index is 473. The minimum Gasteiger partial charge on any atom is -0.462 e. The fourth-order valence-electron chi connectivity index (χ4n) is 5.33. The van der Waals surface area contributed by atoms with E-state index in [2.05, 4.69) is 83.1 Å². The summed E-state index contributed by atoms with van der Waals surface area (Å²) in [6, 6.07) is 0. The Morgan fingerprint density at radius 2 is 0.704 bits per heavy atom. The van der Waals surface area contributed by atoms with Gasteiger partial charge in [-0.25, -0.2) is 0 Å². The molecule has 0 aromatic rings. The van der Waals surface area contributed by atoms with Crippen LogP contribution >= 0.6 is 0 Å². The largest absolute Gasteiger partial charge is 0.462 e. The third kappa shape index (κ3) is 5.30. The molecule has 1 saturated heterocycles. The van der Waals surface area contributed by atoms with Gasteiger partial charge in [0.25, 0.3) is 0 Å². The average molecular weight is 381 g/mol. The van der Waals surface area contributed by atoms with Gasteiger partial charge in [0.1, 0.15) is 6.10 Å². The van der Waals surface area contributed by atoms with Gasteiger partial charge < -0.3 is 4.74 Å². The van der Waals surface area contributed by atoms with E-state index < -0.39 is 0 Å². The molecule has 2 nitrogen and oxygen atoms in total. The summed E-state index contributed by atoms with van der Waals surface area (Å²) < 4.78 is 5.96. The van der Waals surface area contributed by atoms with Crippen molar-refractivity contribution in [3.05, 3.63) is 0 Å². The summed E-state index contributed by atoms with van der Waals surface area (Å²) in [6.07, 6.45) is -0.0286. The number of rotatable bonds is 0. The van der Waals surface area contributed by atoms with Crippen molar-refractivity contribution in [3.8, 4) is 0 Å². The molecule has 1 fully saturated rings. The minimum absolute atomic E-state index is 0.0140. The van der Waals surface area contributed by atoms with Crippen molar-refractivity contribution in [2.75, 3.05) is 0 Å². The Hall–Kier alpha value is -0.530. The van der Waals surface area contributed by atoms with Crippen molar-refractivity contribution in [2.24, 2.45) is 65.1 Å². The quantitative estimate of drug-likeness (QED) is 0.426. The van der Waals surface area contributed by atoms with Gasteiger partial charge in [0.15, 0.2) is 0 Å². The van der Waals surface area contributed by atoms with E-state index in [1.807, 2.05) is 0 Å². The summed E-state index contributed by atoms with van der Waals surface area (Å²) in [5, 5.41) is 0. The van der Waals surface area contributed by atoms with Crippen molar-refractivity contribution in [2.45, 2.75) is 89.2 Å². The van der Waals surface area contributed by atoms with Gasteiger partial charge in [-0.05, 0) is 66.1 Å². The molecule has 0 amide bonds. The van der Waals surface area contributed by atoms with E-state index in [-0.39, 0.29) is 18.0 Å². The average Bonchev–Trinajstić information content (AvgIpc) is 2.66. The molecule has 0 spiro atoms. The van der Waals surface area contributed by atoms with Crippen LogP contribution in [0.5, 0.6) is 0 Å². The summed E-state index contributed by atoms with van der Waals surface area (Å²) in [7, 11) is 0. The zero-order valence-electron chi connectivity index (χ0n) is 20.2. The van der Waals surface area contributed by atoms with Crippen LogP contribution in [0.3, 0.4) is 0 Å². The minimum atomic E-state index is -0.0494. The zero-order valence-corrected chi connectivity index (χ0v) is 20.2. The molecule has 12 unspecified atom stereocenters. The summed E-state index contributed by atoms with van der Waals surface area (Å²) in [6.45, 7) is 27.9. The molecule has 12 atom stereocenters. The molecule has 27 heavy (non-hydrogen) atoms. The molecule has 0 aliphatic carbocycles. The first-order chi connectivity index (χ1) is 12.3. The highest BCUT2D eigenvalue weighted by Crippen LogP contribution is 2.42. The highest BCUT2D eigenvalue weighted by molar-refractivity contribution is 5.72. The Kier molecular flexibility index (Phi) is 8.89. The number of carbonyl (C=O) groups is 1. The smallest absolute Gasteiger partial charge is 0.309 e. The zero-order chi connectivity index (χ0) is 21.2. The molecule has 1 heterocycles. The summed E-state index contributed by atoms with van der Waals surface area (Å²) >= 11 is 0. The molecule has 0 N–H and O–H groups in total. The molecule has 0 bridgehead atoms. The second-order valence-corrected chi connectivity index (χ2v) is 10.5. The Morgan fingerprint density at radius 3 is 1.04 bits per heavy atom. The maximum absolute atomic E-state index is 12.8. The lowest BCUT2D eigenvalue weighted by molar-refractivity contribution is -0.159. The van der Waals surface area contributed by atoms with Gasteiger partial charge in [0.05, 0.1) is 5.92 Å². The van der Waals surface area contributed by atoms with Crippen LogP contribution in [0.2, 0.25) is 0 Å². The molecular weight excluding hydrogens is 332 g/mol. The van der Waals surface area contributed by atoms with Crippen LogP contribution in [-0.4, -0.2) is 12.1 Å². The molecular formula is C25H48O2. The Labute approximate surface area is 170 Å². The van der Waals surface area contributed by atoms with Gasteiger partial charge in [0, 0.05) is 0 Å². The lowest BCUT2D eigenvalue weighted by atomic mass is 9.64. The van der Waals surface area contributed by atoms with E-state index in [0.717, 1.165) is 0 Å². The van der Waals surface area contributed by atoms with Crippen LogP contribution in [-0.2, 0) is 9.53 Å². The van der Waals surface area contributed by atoms with Gasteiger partial charge >= 0.3 is 5.97 Å². The second-order valence-electron chi connectivity index (χ2n) is 10.5. The van der Waals surface area contributed by atoms with Gasteiger partial charge in [-0.15, -0.1) is 0 Å². The third-order valence-corrected chi connectivity index (χ3v) is 9.67. The fourth-order valence-corrected chi connectivity index (χ4v) is 5.33. The maximum Gasteiger partial charge on any atom is 0.309 e. The van der Waals surface area contributed by atoms with Crippen LogP contribution in [0.1, 0.15) is 83.1 Å². The summed E-state index contributed by atoms with van der Waals surface area (Å²) in [4.78, 5) is 12.8. The van der Waals surface area contributed by atoms with E-state index in [1.165, 1.54) is 0 Å². The molecule has 160 valence electrons. The standard InChI is InChI=1S/C25H48O2/c1-13-14(2)16(4)18(6)20(8)22(10)24(12)27-25(26)23(11)21(9)19(7)17(5)15(13)3/h13-24H,1-12H3.